The highest BCUT2D eigenvalue weighted by Gasteiger charge is 2.37. The van der Waals surface area contributed by atoms with E-state index >= 15 is 0 Å². The fraction of sp³-hybridized carbons (Fsp3) is 0.938. The number of hydrogen-bond acceptors (Lipinski definition) is 6. The normalized spacial score (nSPS) is 26.8. The van der Waals surface area contributed by atoms with E-state index in [9.17, 15) is 15.0 Å². The van der Waals surface area contributed by atoms with Gasteiger partial charge in [-0.25, -0.2) is 4.79 Å². The summed E-state index contributed by atoms with van der Waals surface area (Å²) in [6, 6.07) is 0.169. The van der Waals surface area contributed by atoms with Crippen molar-refractivity contribution < 1.29 is 24.5 Å². The highest BCUT2D eigenvalue weighted by molar-refractivity contribution is 5.68. The number of carbonyl (C=O) groups is 1. The summed E-state index contributed by atoms with van der Waals surface area (Å²) in [6.07, 6.45) is 0.838. The molecule has 23 heavy (non-hydrogen) atoms. The van der Waals surface area contributed by atoms with Crippen LogP contribution in [0.5, 0.6) is 0 Å². The number of likely N-dealkylation sites (tertiary alicyclic amines) is 1. The predicted octanol–water partition coefficient (Wildman–Crippen LogP) is 0.440. The number of hydrogen-bond donors (Lipinski definition) is 2. The van der Waals surface area contributed by atoms with Crippen molar-refractivity contribution in [3.63, 3.8) is 0 Å². The second-order valence-corrected chi connectivity index (χ2v) is 7.33. The van der Waals surface area contributed by atoms with Gasteiger partial charge < -0.3 is 24.6 Å². The number of aliphatic hydroxyl groups excluding tert-OH is 2. The topological polar surface area (TPSA) is 82.5 Å². The van der Waals surface area contributed by atoms with Crippen molar-refractivity contribution in [2.75, 3.05) is 39.5 Å². The lowest BCUT2D eigenvalue weighted by molar-refractivity contribution is -0.00195. The van der Waals surface area contributed by atoms with Crippen LogP contribution in [-0.4, -0.2) is 89.3 Å². The molecule has 0 aliphatic carbocycles. The molecule has 0 unspecified atom stereocenters. The first kappa shape index (κ1) is 18.4. The Morgan fingerprint density at radius 2 is 1.96 bits per heavy atom. The first-order valence-corrected chi connectivity index (χ1v) is 8.42. The van der Waals surface area contributed by atoms with Crippen LogP contribution in [0.1, 0.15) is 33.6 Å². The van der Waals surface area contributed by atoms with Crippen molar-refractivity contribution in [3.05, 3.63) is 0 Å². The summed E-state index contributed by atoms with van der Waals surface area (Å²) in [5, 5.41) is 19.4. The number of piperidine rings is 1. The molecule has 0 spiro atoms. The van der Waals surface area contributed by atoms with Crippen LogP contribution in [0.25, 0.3) is 0 Å². The molecule has 2 rings (SSSR count). The van der Waals surface area contributed by atoms with E-state index in [2.05, 4.69) is 4.90 Å². The van der Waals surface area contributed by atoms with E-state index in [0.717, 1.165) is 12.8 Å². The van der Waals surface area contributed by atoms with E-state index < -0.39 is 11.7 Å². The maximum absolute atomic E-state index is 12.1. The highest BCUT2D eigenvalue weighted by atomic mass is 16.6. The second kappa shape index (κ2) is 7.79. The van der Waals surface area contributed by atoms with Gasteiger partial charge in [-0.15, -0.1) is 0 Å². The zero-order valence-electron chi connectivity index (χ0n) is 14.4. The van der Waals surface area contributed by atoms with Crippen LogP contribution in [0.15, 0.2) is 0 Å². The first-order chi connectivity index (χ1) is 10.8. The Hall–Kier alpha value is -0.890. The quantitative estimate of drug-likeness (QED) is 0.778. The molecule has 7 heteroatoms. The van der Waals surface area contributed by atoms with Gasteiger partial charge >= 0.3 is 6.09 Å². The Balaban J connectivity index is 1.89. The van der Waals surface area contributed by atoms with Crippen LogP contribution in [0.3, 0.4) is 0 Å². The molecule has 2 aliphatic heterocycles. The lowest BCUT2D eigenvalue weighted by Crippen LogP contribution is -2.54. The lowest BCUT2D eigenvalue weighted by Gasteiger charge is -2.41. The predicted molar refractivity (Wildman–Crippen MR) is 85.2 cm³/mol. The Morgan fingerprint density at radius 3 is 2.43 bits per heavy atom. The molecule has 0 saturated carbocycles. The maximum atomic E-state index is 12.1. The number of rotatable bonds is 4. The summed E-state index contributed by atoms with van der Waals surface area (Å²) in [4.78, 5) is 16.0. The third-order valence-corrected chi connectivity index (χ3v) is 4.39. The highest BCUT2D eigenvalue weighted by Crippen LogP contribution is 2.24. The van der Waals surface area contributed by atoms with Gasteiger partial charge in [-0.3, -0.25) is 4.90 Å². The van der Waals surface area contributed by atoms with Crippen molar-refractivity contribution in [3.8, 4) is 0 Å². The fourth-order valence-corrected chi connectivity index (χ4v) is 3.29. The van der Waals surface area contributed by atoms with E-state index in [1.54, 1.807) is 4.90 Å². The summed E-state index contributed by atoms with van der Waals surface area (Å²) < 4.78 is 10.8. The third-order valence-electron chi connectivity index (χ3n) is 4.39. The Morgan fingerprint density at radius 1 is 1.30 bits per heavy atom. The molecule has 0 aromatic rings. The van der Waals surface area contributed by atoms with E-state index in [4.69, 9.17) is 9.47 Å². The molecule has 134 valence electrons. The molecule has 2 heterocycles. The van der Waals surface area contributed by atoms with Gasteiger partial charge in [-0.05, 0) is 33.6 Å². The van der Waals surface area contributed by atoms with Crippen LogP contribution in [0.2, 0.25) is 0 Å². The zero-order valence-corrected chi connectivity index (χ0v) is 14.4. The summed E-state index contributed by atoms with van der Waals surface area (Å²) in [6.45, 7) is 8.26. The van der Waals surface area contributed by atoms with E-state index in [1.807, 2.05) is 20.8 Å². The number of carbonyl (C=O) groups excluding carboxylic acids is 1. The number of amides is 1. The van der Waals surface area contributed by atoms with Crippen molar-refractivity contribution in [2.45, 2.75) is 57.4 Å². The van der Waals surface area contributed by atoms with Gasteiger partial charge in [0.2, 0.25) is 0 Å². The van der Waals surface area contributed by atoms with Gasteiger partial charge in [0.25, 0.3) is 0 Å². The van der Waals surface area contributed by atoms with Gasteiger partial charge in [-0.2, -0.15) is 0 Å². The minimum atomic E-state index is -0.509. The molecule has 2 aliphatic rings. The molecule has 2 N–H and O–H groups in total. The molecular weight excluding hydrogens is 300 g/mol. The van der Waals surface area contributed by atoms with Crippen molar-refractivity contribution in [2.24, 2.45) is 0 Å². The molecule has 1 amide bonds. The molecule has 0 aromatic heterocycles. The molecule has 2 atom stereocenters. The number of ether oxygens (including phenoxy) is 2. The Kier molecular flexibility index (Phi) is 6.25. The van der Waals surface area contributed by atoms with Crippen LogP contribution in [0.4, 0.5) is 4.79 Å². The van der Waals surface area contributed by atoms with Crippen LogP contribution < -0.4 is 0 Å². The average Bonchev–Trinajstić information content (AvgIpc) is 2.89. The van der Waals surface area contributed by atoms with Gasteiger partial charge in [0.05, 0.1) is 32.0 Å². The fourth-order valence-electron chi connectivity index (χ4n) is 3.29. The average molecular weight is 330 g/mol. The van der Waals surface area contributed by atoms with Gasteiger partial charge in [0.15, 0.2) is 0 Å². The minimum absolute atomic E-state index is 0.0511. The largest absolute Gasteiger partial charge is 0.444 e. The van der Waals surface area contributed by atoms with Crippen LogP contribution >= 0.6 is 0 Å². The van der Waals surface area contributed by atoms with Crippen molar-refractivity contribution in [1.29, 1.82) is 0 Å². The molecule has 7 nitrogen and oxygen atoms in total. The molecule has 2 saturated heterocycles. The smallest absolute Gasteiger partial charge is 0.410 e. The molecule has 0 aromatic carbocycles. The molecule has 0 bridgehead atoms. The van der Waals surface area contributed by atoms with Gasteiger partial charge in [0, 0.05) is 25.7 Å². The first-order valence-electron chi connectivity index (χ1n) is 8.42. The SMILES string of the molecule is CC(C)(C)OC(=O)N1CCC(N(CCO)[C@@H]2COC[C@H]2O)CC1. The monoisotopic (exact) mass is 330 g/mol. The zero-order chi connectivity index (χ0) is 17.0. The Labute approximate surface area is 138 Å². The summed E-state index contributed by atoms with van der Waals surface area (Å²) in [7, 11) is 0. The van der Waals surface area contributed by atoms with E-state index in [0.29, 0.717) is 32.8 Å². The summed E-state index contributed by atoms with van der Waals surface area (Å²) in [5.74, 6) is 0. The molecule has 0 radical (unpaired) electrons. The van der Waals surface area contributed by atoms with Crippen molar-refractivity contribution >= 4 is 6.09 Å². The molecule has 2 fully saturated rings. The summed E-state index contributed by atoms with van der Waals surface area (Å²) in [5.41, 5.74) is -0.484. The number of nitrogens with zero attached hydrogens (tertiary/aromatic N) is 2. The Bertz CT molecular complexity index is 390. The molecular formula is C16H30N2O5. The lowest BCUT2D eigenvalue weighted by atomic mass is 10.00. The van der Waals surface area contributed by atoms with Gasteiger partial charge in [-0.1, -0.05) is 0 Å². The summed E-state index contributed by atoms with van der Waals surface area (Å²) >= 11 is 0. The maximum Gasteiger partial charge on any atom is 0.410 e. The second-order valence-electron chi connectivity index (χ2n) is 7.33. The van der Waals surface area contributed by atoms with Gasteiger partial charge in [0.1, 0.15) is 5.60 Å². The number of aliphatic hydroxyl groups is 2. The van der Waals surface area contributed by atoms with Crippen molar-refractivity contribution in [1.82, 2.24) is 9.80 Å². The van der Waals surface area contributed by atoms with Crippen LogP contribution in [0, 0.1) is 0 Å². The standard InChI is InChI=1S/C16H30N2O5/c1-16(2,3)23-15(21)17-6-4-12(5-7-17)18(8-9-19)13-10-22-11-14(13)20/h12-14,19-20H,4-11H2,1-3H3/t13-,14-/m1/s1. The van der Waals surface area contributed by atoms with E-state index in [-0.39, 0.29) is 24.8 Å². The minimum Gasteiger partial charge on any atom is -0.444 e. The van der Waals surface area contributed by atoms with E-state index in [1.165, 1.54) is 0 Å². The third kappa shape index (κ3) is 5.04. The van der Waals surface area contributed by atoms with Crippen LogP contribution in [-0.2, 0) is 9.47 Å².